The van der Waals surface area contributed by atoms with Crippen LogP contribution in [0, 0.1) is 5.92 Å². The summed E-state index contributed by atoms with van der Waals surface area (Å²) >= 11 is 0. The summed E-state index contributed by atoms with van der Waals surface area (Å²) in [7, 11) is 1.47. The number of hydrogen-bond donors (Lipinski definition) is 2. The Morgan fingerprint density at radius 2 is 1.67 bits per heavy atom. The molecule has 1 fully saturated rings. The Kier molecular flexibility index (Phi) is 7.21. The number of benzene rings is 3. The molecule has 0 aromatic heterocycles. The van der Waals surface area contributed by atoms with Gasteiger partial charge in [-0.05, 0) is 78.5 Å². The first kappa shape index (κ1) is 23.9. The number of ether oxygens (including phenoxy) is 1. The van der Waals surface area contributed by atoms with Gasteiger partial charge >= 0.3 is 12.0 Å². The fourth-order valence-electron chi connectivity index (χ4n) is 5.41. The highest BCUT2D eigenvalue weighted by molar-refractivity contribution is 6.04. The van der Waals surface area contributed by atoms with Crippen molar-refractivity contribution >= 4 is 29.1 Å². The SMILES string of the molecule is COC(=O)C[C@H]1CC[C@H](c2ccc(-c3ccc4c(c3)NCCN4C(=O)Nc3ccccc3)cc2)CC1. The number of carbonyl (C=O) groups excluding carboxylic acids is 2. The van der Waals surface area contributed by atoms with E-state index in [9.17, 15) is 9.59 Å². The third kappa shape index (κ3) is 5.38. The van der Waals surface area contributed by atoms with Gasteiger partial charge in [-0.3, -0.25) is 9.69 Å². The van der Waals surface area contributed by atoms with Crippen molar-refractivity contribution in [2.24, 2.45) is 5.92 Å². The van der Waals surface area contributed by atoms with Crippen molar-refractivity contribution in [2.45, 2.75) is 38.0 Å². The molecule has 2 N–H and O–H groups in total. The summed E-state index contributed by atoms with van der Waals surface area (Å²) in [4.78, 5) is 26.3. The van der Waals surface area contributed by atoms with Gasteiger partial charge in [-0.25, -0.2) is 4.79 Å². The maximum Gasteiger partial charge on any atom is 0.326 e. The Bertz CT molecular complexity index is 1200. The van der Waals surface area contributed by atoms with Crippen LogP contribution < -0.4 is 15.5 Å². The second-order valence-corrected chi connectivity index (χ2v) is 9.73. The molecule has 0 atom stereocenters. The van der Waals surface area contributed by atoms with Gasteiger partial charge in [0.1, 0.15) is 0 Å². The predicted molar refractivity (Wildman–Crippen MR) is 145 cm³/mol. The van der Waals surface area contributed by atoms with Crippen molar-refractivity contribution in [3.63, 3.8) is 0 Å². The number of nitrogens with one attached hydrogen (secondary N) is 2. The molecule has 0 bridgehead atoms. The minimum absolute atomic E-state index is 0.0951. The van der Waals surface area contributed by atoms with Crippen molar-refractivity contribution in [3.05, 3.63) is 78.4 Å². The van der Waals surface area contributed by atoms with Gasteiger partial charge in [0, 0.05) is 25.2 Å². The average molecular weight is 484 g/mol. The zero-order valence-electron chi connectivity index (χ0n) is 20.7. The van der Waals surface area contributed by atoms with E-state index in [1.807, 2.05) is 36.4 Å². The van der Waals surface area contributed by atoms with Crippen molar-refractivity contribution in [3.8, 4) is 11.1 Å². The molecule has 0 unspecified atom stereocenters. The molecule has 1 heterocycles. The summed E-state index contributed by atoms with van der Waals surface area (Å²) < 4.78 is 4.83. The summed E-state index contributed by atoms with van der Waals surface area (Å²) in [5.41, 5.74) is 6.30. The molecule has 0 saturated heterocycles. The van der Waals surface area contributed by atoms with Crippen LogP contribution in [-0.4, -0.2) is 32.2 Å². The van der Waals surface area contributed by atoms with E-state index in [4.69, 9.17) is 4.74 Å². The molecule has 3 aromatic carbocycles. The van der Waals surface area contributed by atoms with Gasteiger partial charge in [0.25, 0.3) is 0 Å². The lowest BCUT2D eigenvalue weighted by molar-refractivity contribution is -0.142. The number of methoxy groups -OCH3 is 1. The lowest BCUT2D eigenvalue weighted by Crippen LogP contribution is -2.41. The third-order valence-electron chi connectivity index (χ3n) is 7.45. The smallest absolute Gasteiger partial charge is 0.326 e. The molecule has 1 aliphatic heterocycles. The number of anilines is 3. The van der Waals surface area contributed by atoms with E-state index >= 15 is 0 Å². The molecule has 5 rings (SSSR count). The molecule has 0 radical (unpaired) electrons. The molecule has 6 heteroatoms. The normalized spacial score (nSPS) is 19.1. The van der Waals surface area contributed by atoms with Gasteiger partial charge in [-0.2, -0.15) is 0 Å². The van der Waals surface area contributed by atoms with Crippen LogP contribution in [0.5, 0.6) is 0 Å². The Hall–Kier alpha value is -3.80. The molecule has 1 aliphatic carbocycles. The highest BCUT2D eigenvalue weighted by atomic mass is 16.5. The third-order valence-corrected chi connectivity index (χ3v) is 7.45. The van der Waals surface area contributed by atoms with E-state index < -0.39 is 0 Å². The number of urea groups is 1. The van der Waals surface area contributed by atoms with E-state index in [2.05, 4.69) is 47.0 Å². The lowest BCUT2D eigenvalue weighted by atomic mass is 9.77. The van der Waals surface area contributed by atoms with Crippen LogP contribution in [0.2, 0.25) is 0 Å². The number of amides is 2. The summed E-state index contributed by atoms with van der Waals surface area (Å²) in [5.74, 6) is 0.905. The Morgan fingerprint density at radius 3 is 2.39 bits per heavy atom. The zero-order valence-corrected chi connectivity index (χ0v) is 20.7. The predicted octanol–water partition coefficient (Wildman–Crippen LogP) is 6.65. The summed E-state index contributed by atoms with van der Waals surface area (Å²) in [6.45, 7) is 1.32. The molecule has 36 heavy (non-hydrogen) atoms. The second-order valence-electron chi connectivity index (χ2n) is 9.73. The largest absolute Gasteiger partial charge is 0.469 e. The van der Waals surface area contributed by atoms with Crippen LogP contribution >= 0.6 is 0 Å². The number of fused-ring (bicyclic) bond motifs is 1. The van der Waals surface area contributed by atoms with Crippen LogP contribution in [0.25, 0.3) is 11.1 Å². The maximum absolute atomic E-state index is 12.9. The van der Waals surface area contributed by atoms with Gasteiger partial charge < -0.3 is 15.4 Å². The van der Waals surface area contributed by atoms with Gasteiger partial charge in [0.15, 0.2) is 0 Å². The molecular formula is C30H33N3O3. The molecule has 2 amide bonds. The Labute approximate surface area is 212 Å². The maximum atomic E-state index is 12.9. The number of nitrogens with zero attached hydrogens (tertiary/aromatic N) is 1. The van der Waals surface area contributed by atoms with Crippen molar-refractivity contribution in [1.29, 1.82) is 0 Å². The summed E-state index contributed by atoms with van der Waals surface area (Å²) in [5, 5.41) is 6.44. The fourth-order valence-corrected chi connectivity index (χ4v) is 5.41. The van der Waals surface area contributed by atoms with Gasteiger partial charge in [0.05, 0.1) is 18.5 Å². The number of esters is 1. The van der Waals surface area contributed by atoms with Crippen molar-refractivity contribution in [1.82, 2.24) is 0 Å². The van der Waals surface area contributed by atoms with E-state index in [0.29, 0.717) is 31.3 Å². The average Bonchev–Trinajstić information content (AvgIpc) is 2.93. The first-order valence-corrected chi connectivity index (χ1v) is 12.8. The van der Waals surface area contributed by atoms with Crippen LogP contribution in [0.15, 0.2) is 72.8 Å². The van der Waals surface area contributed by atoms with E-state index in [1.54, 1.807) is 4.90 Å². The second kappa shape index (κ2) is 10.9. The Morgan fingerprint density at radius 1 is 0.944 bits per heavy atom. The van der Waals surface area contributed by atoms with E-state index in [0.717, 1.165) is 53.9 Å². The highest BCUT2D eigenvalue weighted by Gasteiger charge is 2.25. The molecule has 6 nitrogen and oxygen atoms in total. The number of para-hydroxylation sites is 1. The molecule has 0 spiro atoms. The zero-order chi connectivity index (χ0) is 24.9. The summed E-state index contributed by atoms with van der Waals surface area (Å²) in [6, 6.07) is 24.5. The van der Waals surface area contributed by atoms with Crippen LogP contribution in [0.4, 0.5) is 21.9 Å². The van der Waals surface area contributed by atoms with Crippen molar-refractivity contribution in [2.75, 3.05) is 35.7 Å². The van der Waals surface area contributed by atoms with Crippen LogP contribution in [0.1, 0.15) is 43.6 Å². The summed E-state index contributed by atoms with van der Waals surface area (Å²) in [6.07, 6.45) is 4.92. The fraction of sp³-hybridized carbons (Fsp3) is 0.333. The van der Waals surface area contributed by atoms with Gasteiger partial charge in [0.2, 0.25) is 0 Å². The quantitative estimate of drug-likeness (QED) is 0.398. The first-order chi connectivity index (χ1) is 17.6. The van der Waals surface area contributed by atoms with E-state index in [1.165, 1.54) is 12.7 Å². The molecule has 1 saturated carbocycles. The number of carbonyl (C=O) groups is 2. The Balaban J connectivity index is 1.25. The lowest BCUT2D eigenvalue weighted by Gasteiger charge is -2.31. The topological polar surface area (TPSA) is 70.7 Å². The molecule has 2 aliphatic rings. The molecule has 186 valence electrons. The van der Waals surface area contributed by atoms with Crippen LogP contribution in [-0.2, 0) is 9.53 Å². The molecular weight excluding hydrogens is 450 g/mol. The first-order valence-electron chi connectivity index (χ1n) is 12.8. The van der Waals surface area contributed by atoms with Crippen LogP contribution in [0.3, 0.4) is 0 Å². The van der Waals surface area contributed by atoms with Gasteiger partial charge in [-0.15, -0.1) is 0 Å². The standard InChI is InChI=1S/C30H33N3O3/c1-36-29(34)19-21-7-9-22(10-8-21)23-11-13-24(14-12-23)25-15-16-28-27(20-25)31-17-18-33(28)30(35)32-26-5-3-2-4-6-26/h2-6,11-16,20-22,31H,7-10,17-19H2,1H3,(H,32,35)/t21-,22-. The minimum atomic E-state index is -0.123. The van der Waals surface area contributed by atoms with Gasteiger partial charge in [-0.1, -0.05) is 48.5 Å². The number of rotatable bonds is 5. The van der Waals surface area contributed by atoms with Crippen molar-refractivity contribution < 1.29 is 14.3 Å². The monoisotopic (exact) mass is 483 g/mol. The minimum Gasteiger partial charge on any atom is -0.469 e. The number of hydrogen-bond acceptors (Lipinski definition) is 4. The highest BCUT2D eigenvalue weighted by Crippen LogP contribution is 2.38. The van der Waals surface area contributed by atoms with E-state index in [-0.39, 0.29) is 12.0 Å². The molecule has 3 aromatic rings.